The molecule has 0 atom stereocenters. The van der Waals surface area contributed by atoms with Gasteiger partial charge in [-0.1, -0.05) is 19.9 Å². The molecule has 0 unspecified atom stereocenters. The van der Waals surface area contributed by atoms with Crippen molar-refractivity contribution < 1.29 is 9.53 Å². The van der Waals surface area contributed by atoms with Crippen LogP contribution < -0.4 is 0 Å². The summed E-state index contributed by atoms with van der Waals surface area (Å²) in [6, 6.07) is 8.50. The maximum Gasteiger partial charge on any atom is 0.326 e. The van der Waals surface area contributed by atoms with E-state index in [0.717, 1.165) is 30.7 Å². The Morgan fingerprint density at radius 2 is 2.00 bits per heavy atom. The molecule has 3 nitrogen and oxygen atoms in total. The summed E-state index contributed by atoms with van der Waals surface area (Å²) in [5.41, 5.74) is 2.43. The van der Waals surface area contributed by atoms with Crippen LogP contribution in [0.25, 0.3) is 10.9 Å². The van der Waals surface area contributed by atoms with Crippen molar-refractivity contribution in [1.82, 2.24) is 4.57 Å². The van der Waals surface area contributed by atoms with Crippen molar-refractivity contribution in [3.63, 3.8) is 0 Å². The SMILES string of the molecule is CCc1ccc2c(ccn2CC(=O)OC2CCC(C)CC2)c1. The highest BCUT2D eigenvalue weighted by atomic mass is 16.5. The van der Waals surface area contributed by atoms with Gasteiger partial charge in [-0.15, -0.1) is 0 Å². The fourth-order valence-corrected chi connectivity index (χ4v) is 3.32. The smallest absolute Gasteiger partial charge is 0.326 e. The summed E-state index contributed by atoms with van der Waals surface area (Å²) in [6.07, 6.45) is 7.50. The first-order chi connectivity index (χ1) is 10.7. The molecule has 1 aliphatic carbocycles. The molecule has 1 aliphatic rings. The topological polar surface area (TPSA) is 31.2 Å². The fourth-order valence-electron chi connectivity index (χ4n) is 3.32. The van der Waals surface area contributed by atoms with Crippen molar-refractivity contribution in [3.05, 3.63) is 36.0 Å². The Balaban J connectivity index is 1.64. The molecule has 2 aromatic rings. The number of rotatable bonds is 4. The van der Waals surface area contributed by atoms with Gasteiger partial charge in [-0.3, -0.25) is 4.79 Å². The largest absolute Gasteiger partial charge is 0.461 e. The van der Waals surface area contributed by atoms with E-state index in [9.17, 15) is 4.79 Å². The molecule has 0 aliphatic heterocycles. The lowest BCUT2D eigenvalue weighted by Gasteiger charge is -2.26. The lowest BCUT2D eigenvalue weighted by Crippen LogP contribution is -2.25. The average Bonchev–Trinajstić information content (AvgIpc) is 2.91. The number of esters is 1. The quantitative estimate of drug-likeness (QED) is 0.787. The molecule has 1 fully saturated rings. The molecule has 118 valence electrons. The molecule has 0 radical (unpaired) electrons. The van der Waals surface area contributed by atoms with E-state index in [1.807, 2.05) is 10.8 Å². The third-order valence-corrected chi connectivity index (χ3v) is 4.80. The molecule has 0 amide bonds. The number of hydrogen-bond acceptors (Lipinski definition) is 2. The van der Waals surface area contributed by atoms with Gasteiger partial charge in [0.2, 0.25) is 0 Å². The number of ether oxygens (including phenoxy) is 1. The van der Waals surface area contributed by atoms with Crippen LogP contribution in [0.4, 0.5) is 0 Å². The van der Waals surface area contributed by atoms with Crippen LogP contribution in [0.3, 0.4) is 0 Å². The van der Waals surface area contributed by atoms with Crippen LogP contribution in [0.2, 0.25) is 0 Å². The zero-order valence-electron chi connectivity index (χ0n) is 13.5. The normalized spacial score (nSPS) is 21.9. The highest BCUT2D eigenvalue weighted by molar-refractivity contribution is 5.82. The lowest BCUT2D eigenvalue weighted by molar-refractivity contribution is -0.151. The van der Waals surface area contributed by atoms with Gasteiger partial charge in [0.25, 0.3) is 0 Å². The Morgan fingerprint density at radius 1 is 1.23 bits per heavy atom. The summed E-state index contributed by atoms with van der Waals surface area (Å²) in [5.74, 6) is 0.660. The Kier molecular flexibility index (Phi) is 4.51. The third kappa shape index (κ3) is 3.34. The van der Waals surface area contributed by atoms with Crippen LogP contribution in [0.15, 0.2) is 30.5 Å². The highest BCUT2D eigenvalue weighted by Crippen LogP contribution is 2.26. The fraction of sp³-hybridized carbons (Fsp3) is 0.526. The number of carbonyl (C=O) groups excluding carboxylic acids is 1. The van der Waals surface area contributed by atoms with Gasteiger partial charge >= 0.3 is 5.97 Å². The molecule has 0 N–H and O–H groups in total. The van der Waals surface area contributed by atoms with Crippen LogP contribution in [-0.2, 0) is 22.5 Å². The van der Waals surface area contributed by atoms with E-state index in [0.29, 0.717) is 6.54 Å². The zero-order valence-corrected chi connectivity index (χ0v) is 13.5. The first kappa shape index (κ1) is 15.1. The number of benzene rings is 1. The second-order valence-electron chi connectivity index (χ2n) is 6.56. The Bertz CT molecular complexity index is 650. The van der Waals surface area contributed by atoms with E-state index in [4.69, 9.17) is 4.74 Å². The maximum absolute atomic E-state index is 12.2. The number of nitrogens with zero attached hydrogens (tertiary/aromatic N) is 1. The van der Waals surface area contributed by atoms with Gasteiger partial charge in [0.1, 0.15) is 12.6 Å². The Hall–Kier alpha value is -1.77. The Labute approximate surface area is 132 Å². The standard InChI is InChI=1S/C19H25NO2/c1-3-15-6-9-18-16(12-15)10-11-20(18)13-19(21)22-17-7-4-14(2)5-8-17/h6,9-12,14,17H,3-5,7-8,13H2,1-2H3. The summed E-state index contributed by atoms with van der Waals surface area (Å²) in [7, 11) is 0. The van der Waals surface area contributed by atoms with Gasteiger partial charge in [-0.25, -0.2) is 0 Å². The number of aryl methyl sites for hydroxylation is 1. The monoisotopic (exact) mass is 299 g/mol. The number of carbonyl (C=O) groups is 1. The predicted octanol–water partition coefficient (Wildman–Crippen LogP) is 4.33. The van der Waals surface area contributed by atoms with E-state index < -0.39 is 0 Å². The van der Waals surface area contributed by atoms with Crippen LogP contribution in [0.1, 0.15) is 45.1 Å². The van der Waals surface area contributed by atoms with Crippen LogP contribution in [0, 0.1) is 5.92 Å². The molecule has 3 heteroatoms. The number of aromatic nitrogens is 1. The van der Waals surface area contributed by atoms with E-state index >= 15 is 0 Å². The van der Waals surface area contributed by atoms with Gasteiger partial charge in [0.05, 0.1) is 0 Å². The number of fused-ring (bicyclic) bond motifs is 1. The summed E-state index contributed by atoms with van der Waals surface area (Å²) >= 11 is 0. The molecule has 0 saturated heterocycles. The van der Waals surface area contributed by atoms with E-state index in [2.05, 4.69) is 38.1 Å². The molecule has 1 aromatic heterocycles. The predicted molar refractivity (Wildman–Crippen MR) is 88.8 cm³/mol. The minimum Gasteiger partial charge on any atom is -0.461 e. The van der Waals surface area contributed by atoms with Crippen LogP contribution in [-0.4, -0.2) is 16.6 Å². The van der Waals surface area contributed by atoms with Gasteiger partial charge in [-0.05, 0) is 67.2 Å². The van der Waals surface area contributed by atoms with Crippen molar-refractivity contribution in [3.8, 4) is 0 Å². The molecule has 1 saturated carbocycles. The summed E-state index contributed by atoms with van der Waals surface area (Å²) in [5, 5.41) is 1.19. The van der Waals surface area contributed by atoms with Gasteiger partial charge in [-0.2, -0.15) is 0 Å². The second kappa shape index (κ2) is 6.55. The van der Waals surface area contributed by atoms with E-state index in [1.54, 1.807) is 0 Å². The molecule has 1 aromatic carbocycles. The van der Waals surface area contributed by atoms with Crippen LogP contribution >= 0.6 is 0 Å². The summed E-state index contributed by atoms with van der Waals surface area (Å²) < 4.78 is 7.64. The number of hydrogen-bond donors (Lipinski definition) is 0. The minimum atomic E-state index is -0.114. The molecule has 0 spiro atoms. The molecule has 3 rings (SSSR count). The molecule has 22 heavy (non-hydrogen) atoms. The molecule has 1 heterocycles. The van der Waals surface area contributed by atoms with Gasteiger partial charge in [0, 0.05) is 11.7 Å². The average molecular weight is 299 g/mol. The Morgan fingerprint density at radius 3 is 2.73 bits per heavy atom. The zero-order chi connectivity index (χ0) is 15.5. The maximum atomic E-state index is 12.2. The molecular weight excluding hydrogens is 274 g/mol. The minimum absolute atomic E-state index is 0.114. The highest BCUT2D eigenvalue weighted by Gasteiger charge is 2.21. The van der Waals surface area contributed by atoms with Crippen LogP contribution in [0.5, 0.6) is 0 Å². The van der Waals surface area contributed by atoms with Crippen molar-refractivity contribution in [1.29, 1.82) is 0 Å². The third-order valence-electron chi connectivity index (χ3n) is 4.80. The van der Waals surface area contributed by atoms with E-state index in [-0.39, 0.29) is 12.1 Å². The van der Waals surface area contributed by atoms with Crippen molar-refractivity contribution in [2.24, 2.45) is 5.92 Å². The molecule has 0 bridgehead atoms. The first-order valence-corrected chi connectivity index (χ1v) is 8.43. The first-order valence-electron chi connectivity index (χ1n) is 8.43. The molecular formula is C19H25NO2. The van der Waals surface area contributed by atoms with Gasteiger partial charge in [0.15, 0.2) is 0 Å². The van der Waals surface area contributed by atoms with Crippen molar-refractivity contribution in [2.75, 3.05) is 0 Å². The second-order valence-corrected chi connectivity index (χ2v) is 6.56. The lowest BCUT2D eigenvalue weighted by atomic mass is 9.89. The summed E-state index contributed by atoms with van der Waals surface area (Å²) in [6.45, 7) is 4.73. The van der Waals surface area contributed by atoms with Gasteiger partial charge < -0.3 is 9.30 Å². The summed E-state index contributed by atoms with van der Waals surface area (Å²) in [4.78, 5) is 12.2. The van der Waals surface area contributed by atoms with E-state index in [1.165, 1.54) is 23.8 Å². The van der Waals surface area contributed by atoms with Crippen molar-refractivity contribution in [2.45, 2.75) is 58.6 Å². The van der Waals surface area contributed by atoms with Crippen molar-refractivity contribution >= 4 is 16.9 Å².